The molecule has 7 nitrogen and oxygen atoms in total. The lowest BCUT2D eigenvalue weighted by Crippen LogP contribution is -2.47. The molecule has 4 rings (SSSR count). The first-order chi connectivity index (χ1) is 16.7. The first-order valence-electron chi connectivity index (χ1n) is 11.2. The fraction of sp³-hybridized carbons (Fsp3) is 0.417. The number of aromatic nitrogens is 3. The van der Waals surface area contributed by atoms with Gasteiger partial charge in [-0.1, -0.05) is 17.3 Å². The van der Waals surface area contributed by atoms with Crippen molar-refractivity contribution < 1.29 is 32.5 Å². The molecule has 35 heavy (non-hydrogen) atoms. The topological polar surface area (TPSA) is 83.6 Å². The molecule has 1 aromatic heterocycles. The minimum atomic E-state index is -3.04. The van der Waals surface area contributed by atoms with Gasteiger partial charge in [0.1, 0.15) is 11.4 Å². The van der Waals surface area contributed by atoms with E-state index in [2.05, 4.69) is 10.3 Å². The normalized spacial score (nSPS) is 18.6. The maximum atomic E-state index is 13.6. The molecule has 2 heterocycles. The Morgan fingerprint density at radius 3 is 2.69 bits per heavy atom. The second-order valence-corrected chi connectivity index (χ2v) is 8.94. The molecular weight excluding hydrogens is 468 g/mol. The fourth-order valence-corrected chi connectivity index (χ4v) is 4.28. The Morgan fingerprint density at radius 2 is 1.97 bits per heavy atom. The van der Waals surface area contributed by atoms with E-state index < -0.39 is 23.8 Å². The molecule has 0 saturated carbocycles. The summed E-state index contributed by atoms with van der Waals surface area (Å²) in [6, 6.07) is 8.08. The highest BCUT2D eigenvalue weighted by Gasteiger charge is 2.34. The van der Waals surface area contributed by atoms with Gasteiger partial charge in [0.25, 0.3) is 0 Å². The lowest BCUT2D eigenvalue weighted by molar-refractivity contribution is -0.0702. The monoisotopic (exact) mass is 494 g/mol. The minimum absolute atomic E-state index is 0.0177. The number of nitrogens with zero attached hydrogens (tertiary/aromatic N) is 4. The Hall–Kier alpha value is -3.02. The highest BCUT2D eigenvalue weighted by Crippen LogP contribution is 2.32. The van der Waals surface area contributed by atoms with Gasteiger partial charge < -0.3 is 14.9 Å². The van der Waals surface area contributed by atoms with Crippen molar-refractivity contribution in [3.8, 4) is 22.7 Å². The highest BCUT2D eigenvalue weighted by atomic mass is 19.3. The Morgan fingerprint density at radius 1 is 1.17 bits per heavy atom. The molecule has 2 atom stereocenters. The van der Waals surface area contributed by atoms with Crippen LogP contribution in [0, 0.1) is 17.6 Å². The fourth-order valence-electron chi connectivity index (χ4n) is 4.28. The predicted octanol–water partition coefficient (Wildman–Crippen LogP) is 3.77. The third kappa shape index (κ3) is 5.80. The van der Waals surface area contributed by atoms with Gasteiger partial charge in [-0.15, -0.1) is 5.10 Å². The van der Waals surface area contributed by atoms with Crippen LogP contribution in [-0.4, -0.2) is 62.0 Å². The third-order valence-corrected chi connectivity index (χ3v) is 6.34. The van der Waals surface area contributed by atoms with Crippen molar-refractivity contribution in [2.75, 3.05) is 19.7 Å². The predicted molar refractivity (Wildman–Crippen MR) is 119 cm³/mol. The van der Waals surface area contributed by atoms with E-state index >= 15 is 0 Å². The molecule has 1 aliphatic rings. The summed E-state index contributed by atoms with van der Waals surface area (Å²) in [7, 11) is 0. The molecule has 2 aromatic carbocycles. The summed E-state index contributed by atoms with van der Waals surface area (Å²) in [4.78, 5) is 2.03. The molecular formula is C24H26F4N4O3. The SMILES string of the molecule is C[C@@](O)(CO)[C@H]1CCCN(Cc2ccc(-c3cn(-c4ccc(F)c(F)c4)nn3)cc2OC(F)F)C1. The maximum Gasteiger partial charge on any atom is 0.387 e. The van der Waals surface area contributed by atoms with Gasteiger partial charge in [-0.05, 0) is 44.5 Å². The molecule has 0 unspecified atom stereocenters. The largest absolute Gasteiger partial charge is 0.434 e. The smallest absolute Gasteiger partial charge is 0.387 e. The molecule has 3 aromatic rings. The van der Waals surface area contributed by atoms with Crippen molar-refractivity contribution in [2.24, 2.45) is 5.92 Å². The lowest BCUT2D eigenvalue weighted by atomic mass is 9.83. The molecule has 0 radical (unpaired) electrons. The average molecular weight is 494 g/mol. The van der Waals surface area contributed by atoms with Crippen molar-refractivity contribution in [1.29, 1.82) is 0 Å². The summed E-state index contributed by atoms with van der Waals surface area (Å²) in [5, 5.41) is 27.8. The van der Waals surface area contributed by atoms with E-state index in [-0.39, 0.29) is 24.0 Å². The van der Waals surface area contributed by atoms with Crippen molar-refractivity contribution in [1.82, 2.24) is 19.9 Å². The molecule has 1 aliphatic heterocycles. The van der Waals surface area contributed by atoms with Gasteiger partial charge in [-0.3, -0.25) is 4.90 Å². The molecule has 0 amide bonds. The number of hydrogen-bond donors (Lipinski definition) is 2. The van der Waals surface area contributed by atoms with E-state index in [0.29, 0.717) is 29.9 Å². The number of aliphatic hydroxyl groups excluding tert-OH is 1. The Labute approximate surface area is 199 Å². The van der Waals surface area contributed by atoms with Gasteiger partial charge in [0.05, 0.1) is 24.1 Å². The van der Waals surface area contributed by atoms with Gasteiger partial charge in [0.15, 0.2) is 11.6 Å². The summed E-state index contributed by atoms with van der Waals surface area (Å²) >= 11 is 0. The number of ether oxygens (including phenoxy) is 1. The van der Waals surface area contributed by atoms with E-state index in [1.807, 2.05) is 4.90 Å². The molecule has 11 heteroatoms. The molecule has 2 N–H and O–H groups in total. The van der Waals surface area contributed by atoms with E-state index in [1.165, 1.54) is 23.0 Å². The van der Waals surface area contributed by atoms with E-state index in [4.69, 9.17) is 4.74 Å². The van der Waals surface area contributed by atoms with Crippen molar-refractivity contribution in [3.05, 3.63) is 59.8 Å². The van der Waals surface area contributed by atoms with E-state index in [9.17, 15) is 27.8 Å². The van der Waals surface area contributed by atoms with Crippen LogP contribution in [0.2, 0.25) is 0 Å². The Balaban J connectivity index is 1.56. The minimum Gasteiger partial charge on any atom is -0.434 e. The Kier molecular flexibility index (Phi) is 7.39. The van der Waals surface area contributed by atoms with Crippen LogP contribution >= 0.6 is 0 Å². The van der Waals surface area contributed by atoms with Gasteiger partial charge >= 0.3 is 6.61 Å². The second-order valence-electron chi connectivity index (χ2n) is 8.94. The maximum absolute atomic E-state index is 13.6. The molecule has 1 fully saturated rings. The molecule has 1 saturated heterocycles. The van der Waals surface area contributed by atoms with Crippen molar-refractivity contribution in [2.45, 2.75) is 38.5 Å². The van der Waals surface area contributed by atoms with Crippen LogP contribution in [0.3, 0.4) is 0 Å². The van der Waals surface area contributed by atoms with Crippen LogP contribution in [0.1, 0.15) is 25.3 Å². The summed E-state index contributed by atoms with van der Waals surface area (Å²) in [5.74, 6) is -2.18. The molecule has 0 bridgehead atoms. The zero-order valence-corrected chi connectivity index (χ0v) is 19.0. The number of piperidine rings is 1. The highest BCUT2D eigenvalue weighted by molar-refractivity contribution is 5.62. The number of benzene rings is 2. The zero-order chi connectivity index (χ0) is 25.2. The number of alkyl halides is 2. The van der Waals surface area contributed by atoms with Crippen LogP contribution < -0.4 is 4.74 Å². The summed E-state index contributed by atoms with van der Waals surface area (Å²) in [6.07, 6.45) is 3.04. The number of hydrogen-bond acceptors (Lipinski definition) is 6. The zero-order valence-electron chi connectivity index (χ0n) is 19.0. The number of halogens is 4. The first-order valence-corrected chi connectivity index (χ1v) is 11.2. The summed E-state index contributed by atoms with van der Waals surface area (Å²) in [6.45, 7) is -0.254. The number of rotatable bonds is 8. The van der Waals surface area contributed by atoms with Gasteiger partial charge in [-0.2, -0.15) is 8.78 Å². The molecule has 0 aliphatic carbocycles. The van der Waals surface area contributed by atoms with Crippen LogP contribution in [0.15, 0.2) is 42.6 Å². The van der Waals surface area contributed by atoms with Crippen molar-refractivity contribution in [3.63, 3.8) is 0 Å². The number of aliphatic hydroxyl groups is 2. The number of likely N-dealkylation sites (tertiary alicyclic amines) is 1. The molecule has 0 spiro atoms. The van der Waals surface area contributed by atoms with E-state index in [1.54, 1.807) is 19.1 Å². The standard InChI is InChI=1S/C24H26F4N4O3/c1-24(34,14-33)17-3-2-8-31(12-17)11-16-5-4-15(9-22(16)35-23(27)28)21-13-32(30-29-21)18-6-7-19(25)20(26)10-18/h4-7,9-10,13,17,23,33-34H,2-3,8,11-12,14H2,1H3/t17-,24+/m0/s1. The van der Waals surface area contributed by atoms with E-state index in [0.717, 1.165) is 31.5 Å². The van der Waals surface area contributed by atoms with Crippen LogP contribution in [0.5, 0.6) is 5.75 Å². The van der Waals surface area contributed by atoms with Crippen LogP contribution in [-0.2, 0) is 6.54 Å². The summed E-state index contributed by atoms with van der Waals surface area (Å²) in [5.41, 5.74) is 0.355. The first kappa shape index (κ1) is 25.1. The lowest BCUT2D eigenvalue weighted by Gasteiger charge is -2.39. The summed E-state index contributed by atoms with van der Waals surface area (Å²) < 4.78 is 59.2. The average Bonchev–Trinajstić information content (AvgIpc) is 3.32. The second kappa shape index (κ2) is 10.3. The van der Waals surface area contributed by atoms with Gasteiger partial charge in [0, 0.05) is 36.2 Å². The van der Waals surface area contributed by atoms with Gasteiger partial charge in [-0.25, -0.2) is 13.5 Å². The van der Waals surface area contributed by atoms with Crippen LogP contribution in [0.25, 0.3) is 16.9 Å². The van der Waals surface area contributed by atoms with Crippen LogP contribution in [0.4, 0.5) is 17.6 Å². The third-order valence-electron chi connectivity index (χ3n) is 6.34. The van der Waals surface area contributed by atoms with Crippen molar-refractivity contribution >= 4 is 0 Å². The molecule has 188 valence electrons. The Bertz CT molecular complexity index is 1170. The quantitative estimate of drug-likeness (QED) is 0.464. The van der Waals surface area contributed by atoms with Gasteiger partial charge in [0.2, 0.25) is 0 Å².